The van der Waals surface area contributed by atoms with Crippen LogP contribution in [0.25, 0.3) is 6.08 Å². The average molecular weight is 377 g/mol. The van der Waals surface area contributed by atoms with E-state index in [0.29, 0.717) is 35.8 Å². The molecule has 5 nitrogen and oxygen atoms in total. The maximum atomic E-state index is 12.3. The van der Waals surface area contributed by atoms with Crippen molar-refractivity contribution in [2.45, 2.75) is 50.7 Å². The molecule has 1 aromatic carbocycles. The number of halogens is 1. The fourth-order valence-electron chi connectivity index (χ4n) is 3.84. The number of carbonyl (C=O) groups excluding carboxylic acids is 1. The third kappa shape index (κ3) is 3.99. The number of rotatable bonds is 4. The van der Waals surface area contributed by atoms with E-state index in [9.17, 15) is 4.79 Å². The van der Waals surface area contributed by atoms with E-state index >= 15 is 0 Å². The van der Waals surface area contributed by atoms with Crippen LogP contribution in [-0.4, -0.2) is 48.7 Å². The Balaban J connectivity index is 1.37. The van der Waals surface area contributed by atoms with Gasteiger partial charge < -0.3 is 14.8 Å². The zero-order chi connectivity index (χ0) is 18.1. The van der Waals surface area contributed by atoms with Gasteiger partial charge in [0, 0.05) is 37.2 Å². The lowest BCUT2D eigenvalue weighted by molar-refractivity contribution is -0.117. The number of carbonyl (C=O) groups is 1. The first kappa shape index (κ1) is 17.7. The van der Waals surface area contributed by atoms with Crippen LogP contribution >= 0.6 is 11.6 Å². The Bertz CT molecular complexity index is 717. The predicted octanol–water partition coefficient (Wildman–Crippen LogP) is 3.26. The number of amides is 1. The summed E-state index contributed by atoms with van der Waals surface area (Å²) in [5, 5.41) is 3.63. The molecule has 0 aromatic heterocycles. The van der Waals surface area contributed by atoms with Gasteiger partial charge in [-0.25, -0.2) is 0 Å². The molecule has 1 amide bonds. The molecule has 0 bridgehead atoms. The molecule has 0 spiro atoms. The Morgan fingerprint density at radius 1 is 1.31 bits per heavy atom. The topological polar surface area (TPSA) is 50.8 Å². The van der Waals surface area contributed by atoms with Gasteiger partial charge in [-0.05, 0) is 50.0 Å². The summed E-state index contributed by atoms with van der Waals surface area (Å²) < 4.78 is 11.3. The number of likely N-dealkylation sites (tertiary alicyclic amines) is 1. The van der Waals surface area contributed by atoms with E-state index in [1.165, 1.54) is 12.8 Å². The molecule has 2 heterocycles. The molecule has 2 fully saturated rings. The Morgan fingerprint density at radius 2 is 2.12 bits per heavy atom. The first-order valence-corrected chi connectivity index (χ1v) is 9.81. The van der Waals surface area contributed by atoms with Gasteiger partial charge in [-0.3, -0.25) is 9.69 Å². The number of benzene rings is 1. The molecule has 1 saturated carbocycles. The highest BCUT2D eigenvalue weighted by Gasteiger charge is 2.38. The standard InChI is InChI=1S/C20H25ClN2O3/c1-13-9-15(12-23(13)16-4-5-16)22-19(24)6-3-14-10-17(21)20-18(11-14)25-7-2-8-26-20/h3,6,10-11,13,15-16H,2,4-5,7-9,12H2,1H3,(H,22,24)/b6-3+. The van der Waals surface area contributed by atoms with Crippen molar-refractivity contribution in [3.63, 3.8) is 0 Å². The maximum Gasteiger partial charge on any atom is 0.244 e. The highest BCUT2D eigenvalue weighted by atomic mass is 35.5. The second kappa shape index (κ2) is 7.49. The van der Waals surface area contributed by atoms with Gasteiger partial charge in [-0.15, -0.1) is 0 Å². The monoisotopic (exact) mass is 376 g/mol. The van der Waals surface area contributed by atoms with Gasteiger partial charge in [0.25, 0.3) is 0 Å². The van der Waals surface area contributed by atoms with Crippen LogP contribution in [-0.2, 0) is 4.79 Å². The fraction of sp³-hybridized carbons (Fsp3) is 0.550. The lowest BCUT2D eigenvalue weighted by atomic mass is 10.1. The molecule has 2 atom stereocenters. The SMILES string of the molecule is CC1CC(NC(=O)/C=C/c2cc(Cl)c3c(c2)OCCCO3)CN1C1CC1. The van der Waals surface area contributed by atoms with Crippen LogP contribution in [0, 0.1) is 0 Å². The number of ether oxygens (including phenoxy) is 2. The molecule has 2 aliphatic heterocycles. The molecule has 2 unspecified atom stereocenters. The van der Waals surface area contributed by atoms with E-state index in [-0.39, 0.29) is 11.9 Å². The summed E-state index contributed by atoms with van der Waals surface area (Å²) in [7, 11) is 0. The van der Waals surface area contributed by atoms with Crippen molar-refractivity contribution in [3.05, 3.63) is 28.8 Å². The van der Waals surface area contributed by atoms with Gasteiger partial charge in [-0.2, -0.15) is 0 Å². The van der Waals surface area contributed by atoms with Crippen LogP contribution in [0.3, 0.4) is 0 Å². The minimum absolute atomic E-state index is 0.0666. The molecule has 1 aliphatic carbocycles. The first-order chi connectivity index (χ1) is 12.6. The lowest BCUT2D eigenvalue weighted by Crippen LogP contribution is -2.36. The molecule has 1 N–H and O–H groups in total. The summed E-state index contributed by atoms with van der Waals surface area (Å²) in [6.07, 6.45) is 7.79. The Morgan fingerprint density at radius 3 is 2.92 bits per heavy atom. The predicted molar refractivity (Wildman–Crippen MR) is 102 cm³/mol. The fourth-order valence-corrected chi connectivity index (χ4v) is 4.12. The van der Waals surface area contributed by atoms with Crippen molar-refractivity contribution in [3.8, 4) is 11.5 Å². The van der Waals surface area contributed by atoms with E-state index in [0.717, 1.165) is 31.0 Å². The van der Waals surface area contributed by atoms with Crippen molar-refractivity contribution < 1.29 is 14.3 Å². The summed E-state index contributed by atoms with van der Waals surface area (Å²) in [5.74, 6) is 1.16. The van der Waals surface area contributed by atoms with Crippen LogP contribution < -0.4 is 14.8 Å². The molecular formula is C20H25ClN2O3. The van der Waals surface area contributed by atoms with Gasteiger partial charge in [0.05, 0.1) is 18.2 Å². The minimum Gasteiger partial charge on any atom is -0.489 e. The van der Waals surface area contributed by atoms with Crippen molar-refractivity contribution in [1.29, 1.82) is 0 Å². The number of nitrogens with one attached hydrogen (secondary N) is 1. The van der Waals surface area contributed by atoms with Gasteiger partial charge in [-0.1, -0.05) is 11.6 Å². The summed E-state index contributed by atoms with van der Waals surface area (Å²) >= 11 is 6.30. The zero-order valence-corrected chi connectivity index (χ0v) is 15.8. The van der Waals surface area contributed by atoms with E-state index < -0.39 is 0 Å². The Kier molecular flexibility index (Phi) is 5.09. The van der Waals surface area contributed by atoms with Crippen LogP contribution in [0.15, 0.2) is 18.2 Å². The van der Waals surface area contributed by atoms with Crippen LogP contribution in [0.5, 0.6) is 11.5 Å². The second-order valence-electron chi connectivity index (χ2n) is 7.43. The molecular weight excluding hydrogens is 352 g/mol. The molecule has 0 radical (unpaired) electrons. The molecule has 1 aromatic rings. The van der Waals surface area contributed by atoms with Crippen LogP contribution in [0.2, 0.25) is 5.02 Å². The molecule has 1 saturated heterocycles. The minimum atomic E-state index is -0.0666. The van der Waals surface area contributed by atoms with Crippen LogP contribution in [0.1, 0.15) is 38.2 Å². The second-order valence-corrected chi connectivity index (χ2v) is 7.84. The van der Waals surface area contributed by atoms with Crippen molar-refractivity contribution in [2.24, 2.45) is 0 Å². The molecule has 140 valence electrons. The highest BCUT2D eigenvalue weighted by Crippen LogP contribution is 2.38. The molecule has 6 heteroatoms. The van der Waals surface area contributed by atoms with Crippen molar-refractivity contribution in [2.75, 3.05) is 19.8 Å². The number of nitrogens with zero attached hydrogens (tertiary/aromatic N) is 1. The molecule has 4 rings (SSSR count). The van der Waals surface area contributed by atoms with E-state index in [1.54, 1.807) is 18.2 Å². The largest absolute Gasteiger partial charge is 0.489 e. The summed E-state index contributed by atoms with van der Waals surface area (Å²) in [5.41, 5.74) is 0.828. The van der Waals surface area contributed by atoms with Crippen LogP contribution in [0.4, 0.5) is 0 Å². The number of hydrogen-bond donors (Lipinski definition) is 1. The smallest absolute Gasteiger partial charge is 0.244 e. The van der Waals surface area contributed by atoms with Gasteiger partial charge in [0.15, 0.2) is 11.5 Å². The van der Waals surface area contributed by atoms with Gasteiger partial charge in [0.1, 0.15) is 0 Å². The van der Waals surface area contributed by atoms with E-state index in [1.807, 2.05) is 6.07 Å². The highest BCUT2D eigenvalue weighted by molar-refractivity contribution is 6.32. The summed E-state index contributed by atoms with van der Waals surface area (Å²) in [6.45, 7) is 4.41. The third-order valence-electron chi connectivity index (χ3n) is 5.24. The van der Waals surface area contributed by atoms with Gasteiger partial charge >= 0.3 is 0 Å². The summed E-state index contributed by atoms with van der Waals surface area (Å²) in [6, 6.07) is 5.19. The Hall–Kier alpha value is -1.72. The van der Waals surface area contributed by atoms with Crippen molar-refractivity contribution in [1.82, 2.24) is 10.2 Å². The molecule has 3 aliphatic rings. The molecule has 26 heavy (non-hydrogen) atoms. The van der Waals surface area contributed by atoms with E-state index in [4.69, 9.17) is 21.1 Å². The van der Waals surface area contributed by atoms with Gasteiger partial charge in [0.2, 0.25) is 5.91 Å². The zero-order valence-electron chi connectivity index (χ0n) is 15.0. The van der Waals surface area contributed by atoms with E-state index in [2.05, 4.69) is 17.1 Å². The number of hydrogen-bond acceptors (Lipinski definition) is 4. The van der Waals surface area contributed by atoms with Crippen molar-refractivity contribution >= 4 is 23.6 Å². The lowest BCUT2D eigenvalue weighted by Gasteiger charge is -2.19. The first-order valence-electron chi connectivity index (χ1n) is 9.43. The quantitative estimate of drug-likeness (QED) is 0.819. The number of fused-ring (bicyclic) bond motifs is 1. The maximum absolute atomic E-state index is 12.3. The normalized spacial score (nSPS) is 26.1. The summed E-state index contributed by atoms with van der Waals surface area (Å²) in [4.78, 5) is 14.8. The third-order valence-corrected chi connectivity index (χ3v) is 5.52. The Labute approximate surface area is 159 Å². The average Bonchev–Trinajstić information content (AvgIpc) is 3.40.